The maximum absolute atomic E-state index is 14.6. The number of hydrogen-bond acceptors (Lipinski definition) is 49. The molecule has 7 fully saturated rings. The number of nitrogens with zero attached hydrogens (tertiary/aromatic N) is 19. The summed E-state index contributed by atoms with van der Waals surface area (Å²) in [7, 11) is -33.1. The summed E-state index contributed by atoms with van der Waals surface area (Å²) in [4.78, 5) is 189. The van der Waals surface area contributed by atoms with E-state index in [1.165, 1.54) is 82.3 Å². The number of phosphoric ester groups is 6. The molecular weight excluding hydrogens is 2000 g/mol. The summed E-state index contributed by atoms with van der Waals surface area (Å²) >= 11 is 0. The number of nitrogens with one attached hydrogen (secondary N) is 2. The number of hydrogen-bond donors (Lipinski definition) is 15. The number of anilines is 5. The number of aliphatic hydroxyl groups is 2. The lowest BCUT2D eigenvalue weighted by Gasteiger charge is -2.26. The van der Waals surface area contributed by atoms with Crippen LogP contribution < -0.4 is 56.7 Å². The number of pyridine rings is 1. The molecule has 7 saturated heterocycles. The molecule has 7 aliphatic heterocycles. The average molecular weight is 2090 g/mol. The second-order valence-corrected chi connectivity index (χ2v) is 41.2. The van der Waals surface area contributed by atoms with Crippen molar-refractivity contribution < 1.29 is 154 Å². The van der Waals surface area contributed by atoms with Gasteiger partial charge in [0.2, 0.25) is 0 Å². The molecule has 18 heterocycles. The SMILES string of the molecule is Cc1cn([C@H]2C[C@H](OP(=O)(O)OC[C@H]3O[C@@H](n4ccc(N)cc4=O)C[C@@H]3OP(=O)(O)OC[C@H]3O[C@@H](n4cnc5c(N)ncnc54)C[C@@H]3OP(=O)(O)OC[C@H]3O[C@@H](n4cnc5c(N)ncnc54)C[C@@H]3O)[C@@H](COP(=O)(O)O[C@H]3C[C@H](n4cc(C)c(=O)[nH]c4=O)O[C@@H]3COP(=O)(O)O[C@H]3C[C@H](n4cnc5c(N)ncnc54)O[C@@H]3COP(=O)(O)O[C@H]3C[C@H](n4cnc5c(N)ncnc54)O[C@@H]3CO)O2)c(=O)[nH]c1=O. The number of aliphatic hydroxyl groups excluding tert-OH is 2. The molecule has 0 saturated carbocycles. The fourth-order valence-corrected chi connectivity index (χ4v) is 22.5. The molecule has 7 aliphatic rings. The Hall–Kier alpha value is -10.2. The van der Waals surface area contributed by atoms with E-state index in [0.29, 0.717) is 0 Å². The molecule has 0 amide bonds. The summed E-state index contributed by atoms with van der Waals surface area (Å²) < 4.78 is 204. The first kappa shape index (κ1) is 99.9. The number of nitrogens with two attached hydrogens (primary N) is 5. The van der Waals surface area contributed by atoms with Crippen LogP contribution in [0.25, 0.3) is 44.7 Å². The van der Waals surface area contributed by atoms with E-state index in [4.69, 9.17) is 116 Å². The minimum atomic E-state index is -5.72. The fraction of sp³-hybridized carbons (Fsp3) is 0.529. The summed E-state index contributed by atoms with van der Waals surface area (Å²) in [6, 6.07) is 2.29. The quantitative estimate of drug-likeness (QED) is 0.0211. The molecule has 140 heavy (non-hydrogen) atoms. The summed E-state index contributed by atoms with van der Waals surface area (Å²) in [5, 5.41) is 21.4. The highest BCUT2D eigenvalue weighted by Gasteiger charge is 2.53. The van der Waals surface area contributed by atoms with Gasteiger partial charge < -0.3 is 101 Å². The van der Waals surface area contributed by atoms with E-state index in [1.807, 2.05) is 0 Å². The van der Waals surface area contributed by atoms with Gasteiger partial charge in [0.05, 0.1) is 77.7 Å². The minimum absolute atomic E-state index is 0.00201. The van der Waals surface area contributed by atoms with Gasteiger partial charge in [0.15, 0.2) is 45.9 Å². The lowest BCUT2D eigenvalue weighted by Crippen LogP contribution is -2.33. The molecular formula is C70H88N26O38P6. The van der Waals surface area contributed by atoms with Gasteiger partial charge in [-0.2, -0.15) is 0 Å². The van der Waals surface area contributed by atoms with E-state index in [1.54, 1.807) is 0 Å². The maximum atomic E-state index is 14.6. The molecule has 756 valence electrons. The van der Waals surface area contributed by atoms with Crippen LogP contribution in [-0.2, 0) is 115 Å². The number of H-pyrrole nitrogens is 2. The third-order valence-electron chi connectivity index (χ3n) is 23.5. The van der Waals surface area contributed by atoms with Crippen LogP contribution in [0.15, 0.2) is 105 Å². The average Bonchev–Trinajstić information content (AvgIpc) is 1.58. The Morgan fingerprint density at radius 3 is 0.893 bits per heavy atom. The first-order valence-corrected chi connectivity index (χ1v) is 51.1. The van der Waals surface area contributed by atoms with E-state index >= 15 is 0 Å². The molecule has 27 atom stereocenters. The van der Waals surface area contributed by atoms with E-state index in [2.05, 4.69) is 69.8 Å². The highest BCUT2D eigenvalue weighted by atomic mass is 31.2. The van der Waals surface area contributed by atoms with Gasteiger partial charge in [-0.05, 0) is 19.9 Å². The smallest absolute Gasteiger partial charge is 0.399 e. The summed E-state index contributed by atoms with van der Waals surface area (Å²) in [6.07, 6.45) is -21.5. The van der Waals surface area contributed by atoms with Crippen LogP contribution in [0.3, 0.4) is 0 Å². The van der Waals surface area contributed by atoms with Crippen LogP contribution in [0.5, 0.6) is 0 Å². The molecule has 20 N–H and O–H groups in total. The highest BCUT2D eigenvalue weighted by molar-refractivity contribution is 7.48. The molecule has 70 heteroatoms. The number of nitrogen functional groups attached to an aromatic ring is 5. The Morgan fingerprint density at radius 1 is 0.357 bits per heavy atom. The second-order valence-electron chi connectivity index (χ2n) is 32.7. The van der Waals surface area contributed by atoms with Crippen molar-refractivity contribution in [2.24, 2.45) is 0 Å². The molecule has 0 spiro atoms. The lowest BCUT2D eigenvalue weighted by atomic mass is 10.2. The van der Waals surface area contributed by atoms with Gasteiger partial charge in [0.1, 0.15) is 170 Å². The first-order valence-electron chi connectivity index (χ1n) is 42.1. The number of fused-ring (bicyclic) bond motifs is 4. The van der Waals surface area contributed by atoms with Crippen molar-refractivity contribution in [1.29, 1.82) is 0 Å². The number of aromatic amines is 2. The largest absolute Gasteiger partial charge is 0.472 e. The van der Waals surface area contributed by atoms with Crippen molar-refractivity contribution in [2.75, 3.05) is 74.9 Å². The van der Waals surface area contributed by atoms with Crippen LogP contribution in [0.2, 0.25) is 0 Å². The van der Waals surface area contributed by atoms with Gasteiger partial charge >= 0.3 is 58.3 Å². The van der Waals surface area contributed by atoms with Gasteiger partial charge in [0, 0.05) is 86.4 Å². The van der Waals surface area contributed by atoms with Gasteiger partial charge in [0.25, 0.3) is 16.7 Å². The minimum Gasteiger partial charge on any atom is -0.399 e. The van der Waals surface area contributed by atoms with E-state index in [0.717, 1.165) is 44.8 Å². The molecule has 0 aliphatic carbocycles. The molecule has 11 aromatic heterocycles. The molecule has 64 nitrogen and oxygen atoms in total. The molecule has 18 rings (SSSR count). The Kier molecular flexibility index (Phi) is 28.4. The zero-order chi connectivity index (χ0) is 99.1. The Morgan fingerprint density at radius 2 is 0.607 bits per heavy atom. The molecule has 11 aromatic rings. The van der Waals surface area contributed by atoms with Crippen LogP contribution in [-0.4, -0.2) is 273 Å². The highest BCUT2D eigenvalue weighted by Crippen LogP contribution is 2.58. The Labute approximate surface area is 780 Å². The number of aryl methyl sites for hydroxylation is 2. The van der Waals surface area contributed by atoms with Crippen molar-refractivity contribution in [1.82, 2.24) is 102 Å². The van der Waals surface area contributed by atoms with E-state index in [9.17, 15) is 90.9 Å². The van der Waals surface area contributed by atoms with Crippen LogP contribution in [0.1, 0.15) is 99.7 Å². The molecule has 6 unspecified atom stereocenters. The predicted molar refractivity (Wildman–Crippen MR) is 463 cm³/mol. The van der Waals surface area contributed by atoms with Crippen LogP contribution in [0, 0.1) is 13.8 Å². The number of aromatic nitrogens is 21. The van der Waals surface area contributed by atoms with Gasteiger partial charge in [-0.3, -0.25) is 111 Å². The zero-order valence-electron chi connectivity index (χ0n) is 72.4. The van der Waals surface area contributed by atoms with E-state index < -0.39 is 276 Å². The van der Waals surface area contributed by atoms with Gasteiger partial charge in [-0.25, -0.2) is 96.8 Å². The monoisotopic (exact) mass is 2090 g/mol. The Balaban J connectivity index is 0.547. The summed E-state index contributed by atoms with van der Waals surface area (Å²) in [5.41, 5.74) is 26.5. The fourth-order valence-electron chi connectivity index (χ4n) is 16.7. The van der Waals surface area contributed by atoms with Gasteiger partial charge in [-0.1, -0.05) is 0 Å². The first-order chi connectivity index (χ1) is 66.5. The normalized spacial score (nSPS) is 29.8. The number of ether oxygens (including phenoxy) is 7. The second kappa shape index (κ2) is 39.8. The predicted octanol–water partition coefficient (Wildman–Crippen LogP) is -0.785. The summed E-state index contributed by atoms with van der Waals surface area (Å²) in [5.74, 6) is 0.00806. The van der Waals surface area contributed by atoms with Crippen molar-refractivity contribution in [2.45, 2.75) is 188 Å². The third kappa shape index (κ3) is 21.8. The molecule has 0 aromatic carbocycles. The number of imidazole rings is 4. The number of rotatable bonds is 38. The van der Waals surface area contributed by atoms with Crippen LogP contribution in [0.4, 0.5) is 29.0 Å². The maximum Gasteiger partial charge on any atom is 0.472 e. The Bertz CT molecular complexity index is 7130. The lowest BCUT2D eigenvalue weighted by molar-refractivity contribution is -0.0655. The third-order valence-corrected chi connectivity index (χ3v) is 29.5. The molecule has 0 radical (unpaired) electrons. The van der Waals surface area contributed by atoms with Gasteiger partial charge in [-0.15, -0.1) is 0 Å². The zero-order valence-corrected chi connectivity index (χ0v) is 77.8. The topological polar surface area (TPSA) is 876 Å². The number of phosphoric acid groups is 6. The van der Waals surface area contributed by atoms with Crippen molar-refractivity contribution in [3.63, 3.8) is 0 Å². The van der Waals surface area contributed by atoms with Crippen molar-refractivity contribution in [3.8, 4) is 0 Å². The van der Waals surface area contributed by atoms with Crippen molar-refractivity contribution >= 4 is 121 Å². The molecule has 0 bridgehead atoms. The summed E-state index contributed by atoms with van der Waals surface area (Å²) in [6.45, 7) is -4.33. The van der Waals surface area contributed by atoms with Crippen LogP contribution >= 0.6 is 46.9 Å². The standard InChI is InChI=1S/C70H88N26O38P6/c1-30-13-91(69(102)88-67(30)100)50-9-36(131-138(110,111)118-17-42-35(8-49(124-42)90-4-3-32(71)5-47(90)99)130-137(108,109)121-21-46-38(11-53(128-46)95-28-86-57-61(74)78-24-82-65(57)95)133-135(104,105)116-16-41-33(98)6-48(123-41)93-26-84-55-59(72)76-22-80-63(55)93)43(125-50)18-119-139(112,113)132-37-10-51(92-14-31(2)68(101)89-70(92)103)126-44(37)19-120-140(114,115)134-39-12-54(96-29-87-58-62(75)79-25-83-66(58)96)127-45(39)20-117-136(106,107)129-34-7-52(122-40(34)15-97)94-27-85-56-60(73)77-23-81-64(56)94/h3-5,13-14,22-29,33-46,48-54,97-98H,6-12,15-21,71H2,1-2H3,(H,104,105)(H,106,107)(H,108,109)(H,110,111)(H,112,113)(H,114,115)(H2,72,76,80)(H2,73,77,81)(H2,74,78,82)(H2,75,79,83)(H,88,100,102)(H,89,101,103)/t33-,34-,35-,36-,37-,38-,39-,40+,41+,42+,43+,44+,45+,46+,48+,49+,50+,51+,52+,53+,54+/m0/s1. The van der Waals surface area contributed by atoms with E-state index in [-0.39, 0.29) is 104 Å². The van der Waals surface area contributed by atoms with Crippen molar-refractivity contribution in [3.05, 3.63) is 144 Å².